The van der Waals surface area contributed by atoms with Crippen LogP contribution in [0.15, 0.2) is 30.3 Å². The lowest BCUT2D eigenvalue weighted by atomic mass is 10.3. The lowest BCUT2D eigenvalue weighted by molar-refractivity contribution is 0.203. The Morgan fingerprint density at radius 3 is 1.94 bits per heavy atom. The van der Waals surface area contributed by atoms with Crippen molar-refractivity contribution in [2.24, 2.45) is 0 Å². The molecule has 5 nitrogen and oxygen atoms in total. The third kappa shape index (κ3) is 4.69. The van der Waals surface area contributed by atoms with E-state index in [1.807, 2.05) is 13.8 Å². The average Bonchev–Trinajstić information content (AvgIpc) is 2.41. The molecule has 0 radical (unpaired) electrons. The highest BCUT2D eigenvalue weighted by atomic mass is 31.2. The molecule has 1 aromatic rings. The maximum absolute atomic E-state index is 11.5. The average molecular weight is 260 g/mol. The van der Waals surface area contributed by atoms with E-state index in [-0.39, 0.29) is 5.75 Å². The summed E-state index contributed by atoms with van der Waals surface area (Å²) in [6, 6.07) is 8.27. The lowest BCUT2D eigenvalue weighted by Crippen LogP contribution is -2.09. The molecule has 0 heterocycles. The molecule has 0 aliphatic heterocycles. The van der Waals surface area contributed by atoms with Crippen molar-refractivity contribution in [3.8, 4) is 5.75 Å². The Balaban J connectivity index is 0.00000121. The van der Waals surface area contributed by atoms with Crippen molar-refractivity contribution >= 4 is 13.3 Å². The molecule has 0 saturated heterocycles. The van der Waals surface area contributed by atoms with Gasteiger partial charge in [-0.2, -0.15) is 0 Å². The van der Waals surface area contributed by atoms with Crippen LogP contribution < -0.4 is 4.74 Å². The Morgan fingerprint density at radius 1 is 1.06 bits per heavy atom. The second-order valence-corrected chi connectivity index (χ2v) is 4.63. The lowest BCUT2D eigenvalue weighted by Gasteiger charge is -2.11. The number of hydrogen-bond acceptors (Lipinski definition) is 5. The molecular weight excluding hydrogens is 243 g/mol. The summed E-state index contributed by atoms with van der Waals surface area (Å²) < 4.78 is 25.3. The van der Waals surface area contributed by atoms with Gasteiger partial charge in [0.1, 0.15) is 5.75 Å². The highest BCUT2D eigenvalue weighted by Gasteiger charge is 2.34. The van der Waals surface area contributed by atoms with Crippen LogP contribution in [0.3, 0.4) is 0 Å². The first kappa shape index (κ1) is 15.8. The Labute approximate surface area is 101 Å². The van der Waals surface area contributed by atoms with Gasteiger partial charge in [0.25, 0.3) is 0 Å². The molecule has 0 aliphatic carbocycles. The van der Waals surface area contributed by atoms with Gasteiger partial charge in [0.2, 0.25) is 0 Å². The molecular formula is C11H17O5P. The van der Waals surface area contributed by atoms with E-state index >= 15 is 0 Å². The van der Waals surface area contributed by atoms with E-state index in [4.69, 9.17) is 4.74 Å². The summed E-state index contributed by atoms with van der Waals surface area (Å²) in [4.78, 5) is 11.4. The van der Waals surface area contributed by atoms with Gasteiger partial charge >= 0.3 is 13.3 Å². The van der Waals surface area contributed by atoms with Crippen LogP contribution in [0.25, 0.3) is 0 Å². The Kier molecular flexibility index (Phi) is 7.46. The van der Waals surface area contributed by atoms with Crippen LogP contribution in [0.1, 0.15) is 13.8 Å². The molecule has 17 heavy (non-hydrogen) atoms. The number of ether oxygens (including phenoxy) is 1. The Hall–Kier alpha value is -1.16. The highest BCUT2D eigenvalue weighted by Crippen LogP contribution is 2.48. The minimum Gasteiger partial charge on any atom is -0.417 e. The predicted octanol–water partition coefficient (Wildman–Crippen LogP) is 3.70. The summed E-state index contributed by atoms with van der Waals surface area (Å²) in [7, 11) is -1.56. The van der Waals surface area contributed by atoms with Gasteiger partial charge in [-0.25, -0.2) is 9.36 Å². The molecule has 0 aliphatic rings. The van der Waals surface area contributed by atoms with Crippen molar-refractivity contribution in [3.63, 3.8) is 0 Å². The highest BCUT2D eigenvalue weighted by molar-refractivity contribution is 7.71. The topological polar surface area (TPSA) is 61.8 Å². The Bertz CT molecular complexity index is 369. The van der Waals surface area contributed by atoms with Gasteiger partial charge in [-0.15, -0.1) is 0 Å². The summed E-state index contributed by atoms with van der Waals surface area (Å²) in [6.07, 6.45) is 0. The maximum Gasteiger partial charge on any atom is 0.438 e. The fourth-order valence-electron chi connectivity index (χ4n) is 0.869. The molecule has 0 fully saturated rings. The third-order valence-electron chi connectivity index (χ3n) is 1.65. The normalized spacial score (nSPS) is 10.1. The molecule has 0 aromatic heterocycles. The van der Waals surface area contributed by atoms with Crippen molar-refractivity contribution in [1.82, 2.24) is 0 Å². The van der Waals surface area contributed by atoms with E-state index in [9.17, 15) is 9.36 Å². The zero-order valence-corrected chi connectivity index (χ0v) is 11.3. The summed E-state index contributed by atoms with van der Waals surface area (Å²) in [6.45, 7) is 4.00. The summed E-state index contributed by atoms with van der Waals surface area (Å²) in [5, 5.41) is 0. The summed E-state index contributed by atoms with van der Waals surface area (Å²) in [5.74, 6) is 0.289. The van der Waals surface area contributed by atoms with Crippen LogP contribution in [0.2, 0.25) is 0 Å². The molecule has 1 aromatic carbocycles. The molecule has 0 unspecified atom stereocenters. The summed E-state index contributed by atoms with van der Waals surface area (Å²) in [5.41, 5.74) is -1.03. The largest absolute Gasteiger partial charge is 0.438 e. The van der Waals surface area contributed by atoms with Gasteiger partial charge in [-0.05, 0) is 12.1 Å². The minimum atomic E-state index is -3.80. The fraction of sp³-hybridized carbons (Fsp3) is 0.364. The second kappa shape index (κ2) is 8.01. The molecule has 6 heteroatoms. The van der Waals surface area contributed by atoms with Crippen LogP contribution in [-0.2, 0) is 13.6 Å². The molecule has 0 saturated carbocycles. The monoisotopic (exact) mass is 260 g/mol. The number of carbonyl (C=O) groups excluding carboxylic acids is 1. The van der Waals surface area contributed by atoms with Gasteiger partial charge in [-0.1, -0.05) is 32.0 Å². The fourth-order valence-corrected chi connectivity index (χ4v) is 1.53. The molecule has 96 valence electrons. The minimum absolute atomic E-state index is 0.289. The van der Waals surface area contributed by atoms with E-state index in [1.165, 1.54) is 0 Å². The first-order valence-corrected chi connectivity index (χ1v) is 6.65. The number of benzene rings is 1. The maximum atomic E-state index is 11.5. The molecule has 0 bridgehead atoms. The SMILES string of the molecule is CC.COP(=O)(OC)C(=O)Oc1ccccc1. The molecule has 0 spiro atoms. The van der Waals surface area contributed by atoms with Gasteiger partial charge in [0, 0.05) is 14.2 Å². The first-order chi connectivity index (χ1) is 8.12. The summed E-state index contributed by atoms with van der Waals surface area (Å²) >= 11 is 0. The number of carbonyl (C=O) groups is 1. The van der Waals surface area contributed by atoms with Gasteiger partial charge in [0.15, 0.2) is 0 Å². The van der Waals surface area contributed by atoms with E-state index in [2.05, 4.69) is 9.05 Å². The first-order valence-electron chi connectivity index (χ1n) is 5.11. The zero-order chi connectivity index (χ0) is 13.3. The molecule has 0 amide bonds. The molecule has 0 atom stereocenters. The molecule has 0 N–H and O–H groups in total. The zero-order valence-electron chi connectivity index (χ0n) is 10.4. The third-order valence-corrected chi connectivity index (χ3v) is 3.15. The Morgan fingerprint density at radius 2 is 1.53 bits per heavy atom. The standard InChI is InChI=1S/C9H11O5P.C2H6/c1-12-15(11,13-2)9(10)14-8-6-4-3-5-7-8;1-2/h3-7H,1-2H3;1-2H3. The van der Waals surface area contributed by atoms with Crippen LogP contribution in [0, 0.1) is 0 Å². The number of para-hydroxylation sites is 1. The van der Waals surface area contributed by atoms with Crippen molar-refractivity contribution in [2.45, 2.75) is 13.8 Å². The second-order valence-electron chi connectivity index (χ2n) is 2.54. The van der Waals surface area contributed by atoms with E-state index in [0.717, 1.165) is 14.2 Å². The van der Waals surface area contributed by atoms with E-state index < -0.39 is 13.3 Å². The number of rotatable bonds is 4. The van der Waals surface area contributed by atoms with Crippen molar-refractivity contribution in [1.29, 1.82) is 0 Å². The molecule has 1 rings (SSSR count). The van der Waals surface area contributed by atoms with Crippen molar-refractivity contribution in [2.75, 3.05) is 14.2 Å². The van der Waals surface area contributed by atoms with Gasteiger partial charge < -0.3 is 13.8 Å². The predicted molar refractivity (Wildman–Crippen MR) is 65.4 cm³/mol. The number of hydrogen-bond donors (Lipinski definition) is 0. The van der Waals surface area contributed by atoms with Crippen LogP contribution >= 0.6 is 7.60 Å². The van der Waals surface area contributed by atoms with Crippen molar-refractivity contribution in [3.05, 3.63) is 30.3 Å². The quantitative estimate of drug-likeness (QED) is 0.772. The van der Waals surface area contributed by atoms with Crippen LogP contribution in [0.5, 0.6) is 5.75 Å². The van der Waals surface area contributed by atoms with E-state index in [1.54, 1.807) is 30.3 Å². The van der Waals surface area contributed by atoms with Crippen molar-refractivity contribution < 1.29 is 23.1 Å². The smallest absolute Gasteiger partial charge is 0.417 e. The van der Waals surface area contributed by atoms with Gasteiger partial charge in [-0.3, -0.25) is 0 Å². The van der Waals surface area contributed by atoms with Gasteiger partial charge in [0.05, 0.1) is 0 Å². The van der Waals surface area contributed by atoms with Crippen LogP contribution in [-0.4, -0.2) is 19.9 Å². The van der Waals surface area contributed by atoms with E-state index in [0.29, 0.717) is 0 Å². The van der Waals surface area contributed by atoms with Crippen LogP contribution in [0.4, 0.5) is 4.79 Å².